The molecule has 0 saturated carbocycles. The Morgan fingerprint density at radius 2 is 2.08 bits per heavy atom. The highest BCUT2D eigenvalue weighted by Crippen LogP contribution is 2.29. The van der Waals surface area contributed by atoms with Gasteiger partial charge in [-0.05, 0) is 16.6 Å². The molecule has 0 aliphatic carbocycles. The number of nitro groups is 1. The molecule has 0 fully saturated rings. The molecule has 0 atom stereocenters. The third kappa shape index (κ3) is 4.08. The standard InChI is InChI=1S/C15H15F3N4O3/c16-15(17,18)12-3-1-2-11(8-12)9-20-4-5-21-10-13(22(23)24)19-14(21)25-7-6-20/h1-3,8,10H,4-7,9H2. The van der Waals surface area contributed by atoms with Gasteiger partial charge in [-0.25, -0.2) is 0 Å². The fourth-order valence-corrected chi connectivity index (χ4v) is 2.64. The predicted molar refractivity (Wildman–Crippen MR) is 81.1 cm³/mol. The first kappa shape index (κ1) is 17.2. The van der Waals surface area contributed by atoms with Crippen LogP contribution in [0.1, 0.15) is 11.1 Å². The number of nitrogens with zero attached hydrogens (tertiary/aromatic N) is 4. The maximum Gasteiger partial charge on any atom is 0.416 e. The van der Waals surface area contributed by atoms with Gasteiger partial charge in [-0.3, -0.25) is 9.47 Å². The number of hydrogen-bond acceptors (Lipinski definition) is 5. The van der Waals surface area contributed by atoms with E-state index in [2.05, 4.69) is 4.98 Å². The number of fused-ring (bicyclic) bond motifs is 1. The van der Waals surface area contributed by atoms with Crippen LogP contribution in [0.25, 0.3) is 0 Å². The molecule has 1 aliphatic rings. The highest BCUT2D eigenvalue weighted by atomic mass is 19.4. The molecule has 1 aromatic heterocycles. The van der Waals surface area contributed by atoms with E-state index in [1.54, 1.807) is 6.07 Å². The Balaban J connectivity index is 1.70. The van der Waals surface area contributed by atoms with Crippen molar-refractivity contribution in [2.45, 2.75) is 19.3 Å². The van der Waals surface area contributed by atoms with Crippen molar-refractivity contribution < 1.29 is 22.8 Å². The average Bonchev–Trinajstić information content (AvgIpc) is 2.92. The molecule has 0 spiro atoms. The highest BCUT2D eigenvalue weighted by Gasteiger charge is 2.30. The van der Waals surface area contributed by atoms with Crippen LogP contribution in [0, 0.1) is 10.1 Å². The average molecular weight is 356 g/mol. The molecule has 2 aromatic rings. The van der Waals surface area contributed by atoms with Crippen molar-refractivity contribution in [3.63, 3.8) is 0 Å². The number of rotatable bonds is 3. The predicted octanol–water partition coefficient (Wildman–Crippen LogP) is 2.70. The first-order chi connectivity index (χ1) is 11.8. The van der Waals surface area contributed by atoms with Gasteiger partial charge in [0.05, 0.1) is 5.56 Å². The molecule has 25 heavy (non-hydrogen) atoms. The monoisotopic (exact) mass is 356 g/mol. The second-order valence-corrected chi connectivity index (χ2v) is 5.65. The van der Waals surface area contributed by atoms with Crippen LogP contribution in [-0.2, 0) is 19.3 Å². The molecule has 0 amide bonds. The van der Waals surface area contributed by atoms with E-state index in [0.717, 1.165) is 12.1 Å². The molecule has 134 valence electrons. The molecule has 0 N–H and O–H groups in total. The maximum atomic E-state index is 12.8. The molecule has 1 aromatic carbocycles. The lowest BCUT2D eigenvalue weighted by Gasteiger charge is -2.24. The molecule has 0 saturated heterocycles. The molecule has 3 rings (SSSR count). The zero-order chi connectivity index (χ0) is 18.0. The van der Waals surface area contributed by atoms with E-state index in [-0.39, 0.29) is 18.4 Å². The topological polar surface area (TPSA) is 73.4 Å². The SMILES string of the molecule is O=[N+]([O-])c1cn2c(n1)OCCN(Cc1cccc(C(F)(F)F)c1)CC2. The zero-order valence-corrected chi connectivity index (χ0v) is 13.1. The van der Waals surface area contributed by atoms with Crippen molar-refractivity contribution in [2.75, 3.05) is 19.7 Å². The molecule has 0 unspecified atom stereocenters. The van der Waals surface area contributed by atoms with Crippen molar-refractivity contribution in [2.24, 2.45) is 0 Å². The van der Waals surface area contributed by atoms with E-state index >= 15 is 0 Å². The second kappa shape index (κ2) is 6.71. The summed E-state index contributed by atoms with van der Waals surface area (Å²) < 4.78 is 45.4. The largest absolute Gasteiger partial charge is 0.444 e. The Kier molecular flexibility index (Phi) is 4.62. The lowest BCUT2D eigenvalue weighted by atomic mass is 10.1. The van der Waals surface area contributed by atoms with E-state index in [1.807, 2.05) is 4.90 Å². The van der Waals surface area contributed by atoms with Crippen molar-refractivity contribution >= 4 is 5.82 Å². The number of benzene rings is 1. The van der Waals surface area contributed by atoms with Crippen LogP contribution in [0.4, 0.5) is 19.0 Å². The lowest BCUT2D eigenvalue weighted by molar-refractivity contribution is -0.389. The fourth-order valence-electron chi connectivity index (χ4n) is 2.64. The van der Waals surface area contributed by atoms with Gasteiger partial charge in [0, 0.05) is 31.2 Å². The Hall–Kier alpha value is -2.62. The van der Waals surface area contributed by atoms with Crippen LogP contribution in [0.2, 0.25) is 0 Å². The molecular weight excluding hydrogens is 341 g/mol. The van der Waals surface area contributed by atoms with Crippen LogP contribution >= 0.6 is 0 Å². The normalized spacial score (nSPS) is 15.8. The summed E-state index contributed by atoms with van der Waals surface area (Å²) in [5.74, 6) is -0.290. The summed E-state index contributed by atoms with van der Waals surface area (Å²) in [4.78, 5) is 15.9. The summed E-state index contributed by atoms with van der Waals surface area (Å²) in [6, 6.07) is 5.38. The molecule has 1 aliphatic heterocycles. The van der Waals surface area contributed by atoms with Crippen LogP contribution < -0.4 is 4.74 Å². The van der Waals surface area contributed by atoms with E-state index in [0.29, 0.717) is 31.7 Å². The van der Waals surface area contributed by atoms with Gasteiger partial charge in [0.2, 0.25) is 0 Å². The number of hydrogen-bond donors (Lipinski definition) is 0. The van der Waals surface area contributed by atoms with Gasteiger partial charge >= 0.3 is 18.0 Å². The van der Waals surface area contributed by atoms with Crippen molar-refractivity contribution in [3.05, 3.63) is 51.7 Å². The Labute approximate surface area is 140 Å². The summed E-state index contributed by atoms with van der Waals surface area (Å²) in [5.41, 5.74) is -0.131. The van der Waals surface area contributed by atoms with Gasteiger partial charge in [0.25, 0.3) is 0 Å². The second-order valence-electron chi connectivity index (χ2n) is 5.65. The maximum absolute atomic E-state index is 12.8. The molecule has 0 radical (unpaired) electrons. The minimum absolute atomic E-state index is 0.186. The minimum atomic E-state index is -4.37. The smallest absolute Gasteiger partial charge is 0.416 e. The molecule has 7 nitrogen and oxygen atoms in total. The number of imidazole rings is 1. The van der Waals surface area contributed by atoms with Crippen LogP contribution in [0.3, 0.4) is 0 Å². The molecule has 2 heterocycles. The zero-order valence-electron chi connectivity index (χ0n) is 13.1. The number of ether oxygens (including phenoxy) is 1. The van der Waals surface area contributed by atoms with E-state index in [4.69, 9.17) is 4.74 Å². The van der Waals surface area contributed by atoms with Gasteiger partial charge in [0.1, 0.15) is 12.8 Å². The molecular formula is C15H15F3N4O3. The molecule has 10 heteroatoms. The number of alkyl halides is 3. The van der Waals surface area contributed by atoms with Crippen LogP contribution in [0.5, 0.6) is 6.01 Å². The quantitative estimate of drug-likeness (QED) is 0.624. The van der Waals surface area contributed by atoms with Gasteiger partial charge in [-0.2, -0.15) is 13.2 Å². The van der Waals surface area contributed by atoms with E-state index in [9.17, 15) is 23.3 Å². The lowest BCUT2D eigenvalue weighted by Crippen LogP contribution is -2.33. The third-order valence-electron chi connectivity index (χ3n) is 3.87. The van der Waals surface area contributed by atoms with Crippen molar-refractivity contribution in [3.8, 4) is 6.01 Å². The number of halogens is 3. The van der Waals surface area contributed by atoms with Gasteiger partial charge < -0.3 is 14.9 Å². The Bertz CT molecular complexity index is 776. The van der Waals surface area contributed by atoms with Gasteiger partial charge in [0.15, 0.2) is 0 Å². The third-order valence-corrected chi connectivity index (χ3v) is 3.87. The molecule has 0 bridgehead atoms. The fraction of sp³-hybridized carbons (Fsp3) is 0.400. The Morgan fingerprint density at radius 1 is 1.28 bits per heavy atom. The van der Waals surface area contributed by atoms with Gasteiger partial charge in [-0.15, -0.1) is 0 Å². The van der Waals surface area contributed by atoms with Crippen molar-refractivity contribution in [1.82, 2.24) is 14.5 Å². The highest BCUT2D eigenvalue weighted by molar-refractivity contribution is 5.25. The van der Waals surface area contributed by atoms with E-state index < -0.39 is 16.7 Å². The first-order valence-corrected chi connectivity index (χ1v) is 7.56. The summed E-state index contributed by atoms with van der Waals surface area (Å²) in [6.07, 6.45) is -3.08. The van der Waals surface area contributed by atoms with Crippen LogP contribution in [0.15, 0.2) is 30.5 Å². The van der Waals surface area contributed by atoms with Crippen molar-refractivity contribution in [1.29, 1.82) is 0 Å². The van der Waals surface area contributed by atoms with E-state index in [1.165, 1.54) is 16.8 Å². The first-order valence-electron chi connectivity index (χ1n) is 7.56. The summed E-state index contributed by atoms with van der Waals surface area (Å²) in [6.45, 7) is 1.97. The summed E-state index contributed by atoms with van der Waals surface area (Å²) in [5, 5.41) is 10.8. The Morgan fingerprint density at radius 3 is 2.80 bits per heavy atom. The summed E-state index contributed by atoms with van der Waals surface area (Å²) >= 11 is 0. The number of aromatic nitrogens is 2. The van der Waals surface area contributed by atoms with Gasteiger partial charge in [-0.1, -0.05) is 18.2 Å². The summed E-state index contributed by atoms with van der Waals surface area (Å²) in [7, 11) is 0. The minimum Gasteiger partial charge on any atom is -0.444 e. The van der Waals surface area contributed by atoms with Crippen LogP contribution in [-0.4, -0.2) is 39.1 Å².